The summed E-state index contributed by atoms with van der Waals surface area (Å²) < 4.78 is 5.00. The van der Waals surface area contributed by atoms with E-state index in [-0.39, 0.29) is 11.4 Å². The predicted molar refractivity (Wildman–Crippen MR) is 82.0 cm³/mol. The lowest BCUT2D eigenvalue weighted by molar-refractivity contribution is 0.210. The van der Waals surface area contributed by atoms with E-state index in [1.54, 1.807) is 7.11 Å². The van der Waals surface area contributed by atoms with Crippen LogP contribution < -0.4 is 5.32 Å². The maximum absolute atomic E-state index is 9.13. The maximum Gasteiger partial charge on any atom is 0.179 e. The van der Waals surface area contributed by atoms with Gasteiger partial charge in [-0.2, -0.15) is 10.5 Å². The highest BCUT2D eigenvalue weighted by atomic mass is 16.5. The number of nitrogens with zero attached hydrogens (tertiary/aromatic N) is 4. The Morgan fingerprint density at radius 3 is 2.32 bits per heavy atom. The molecule has 6 heteroatoms. The van der Waals surface area contributed by atoms with Crippen molar-refractivity contribution in [1.29, 1.82) is 10.5 Å². The van der Waals surface area contributed by atoms with Crippen molar-refractivity contribution in [1.82, 2.24) is 9.97 Å². The van der Waals surface area contributed by atoms with Gasteiger partial charge in [-0.25, -0.2) is 9.97 Å². The summed E-state index contributed by atoms with van der Waals surface area (Å²) in [5.74, 6) is 0.469. The normalized spacial score (nSPS) is 9.82. The fraction of sp³-hybridized carbons (Fsp3) is 0.250. The molecule has 0 saturated carbocycles. The van der Waals surface area contributed by atoms with Crippen LogP contribution in [0.25, 0.3) is 11.3 Å². The van der Waals surface area contributed by atoms with Crippen molar-refractivity contribution >= 4 is 5.82 Å². The van der Waals surface area contributed by atoms with Crippen LogP contribution in [0.5, 0.6) is 0 Å². The average molecular weight is 293 g/mol. The minimum atomic E-state index is 0.0123. The summed E-state index contributed by atoms with van der Waals surface area (Å²) in [7, 11) is 1.60. The first-order chi connectivity index (χ1) is 10.7. The minimum Gasteiger partial charge on any atom is -0.383 e. The first-order valence-corrected chi connectivity index (χ1v) is 6.71. The molecule has 0 aliphatic rings. The number of nitrogens with one attached hydrogen (secondary N) is 1. The summed E-state index contributed by atoms with van der Waals surface area (Å²) in [6, 6.07) is 11.6. The molecule has 0 saturated heterocycles. The van der Waals surface area contributed by atoms with Gasteiger partial charge in [-0.15, -0.1) is 0 Å². The highest BCUT2D eigenvalue weighted by Crippen LogP contribution is 2.25. The van der Waals surface area contributed by atoms with E-state index >= 15 is 0 Å². The summed E-state index contributed by atoms with van der Waals surface area (Å²) >= 11 is 0. The Balaban J connectivity index is 2.51. The number of aromatic nitrogens is 2. The molecule has 2 rings (SSSR count). The van der Waals surface area contributed by atoms with E-state index in [9.17, 15) is 0 Å². The molecule has 1 aromatic heterocycles. The number of rotatable bonds is 5. The van der Waals surface area contributed by atoms with Crippen LogP contribution in [-0.2, 0) is 4.74 Å². The standard InChI is InChI=1S/C16H15N5O/c1-11-3-5-12(6-4-11)15-16(19-7-8-22-2)21-14(10-18)13(9-17)20-15/h3-6H,7-8H2,1-2H3,(H,19,21). The summed E-state index contributed by atoms with van der Waals surface area (Å²) in [4.78, 5) is 8.51. The van der Waals surface area contributed by atoms with Gasteiger partial charge in [0.25, 0.3) is 0 Å². The first-order valence-electron chi connectivity index (χ1n) is 6.71. The van der Waals surface area contributed by atoms with Gasteiger partial charge in [0.1, 0.15) is 17.8 Å². The highest BCUT2D eigenvalue weighted by Gasteiger charge is 2.14. The van der Waals surface area contributed by atoms with E-state index in [4.69, 9.17) is 15.3 Å². The van der Waals surface area contributed by atoms with Crippen LogP contribution in [0.1, 0.15) is 17.0 Å². The molecule has 22 heavy (non-hydrogen) atoms. The summed E-state index contributed by atoms with van der Waals surface area (Å²) in [5.41, 5.74) is 2.54. The Bertz CT molecular complexity index is 741. The average Bonchev–Trinajstić information content (AvgIpc) is 2.55. The van der Waals surface area contributed by atoms with E-state index in [0.717, 1.165) is 11.1 Å². The Hall–Kier alpha value is -2.96. The minimum absolute atomic E-state index is 0.0123. The van der Waals surface area contributed by atoms with E-state index in [1.165, 1.54) is 0 Å². The zero-order valence-electron chi connectivity index (χ0n) is 12.4. The molecular weight excluding hydrogens is 278 g/mol. The molecule has 0 amide bonds. The molecular formula is C16H15N5O. The predicted octanol–water partition coefficient (Wildman–Crippen LogP) is 2.25. The molecule has 2 aromatic rings. The van der Waals surface area contributed by atoms with E-state index < -0.39 is 0 Å². The third kappa shape index (κ3) is 3.38. The van der Waals surface area contributed by atoms with Gasteiger partial charge in [0, 0.05) is 19.2 Å². The molecule has 110 valence electrons. The number of anilines is 1. The first kappa shape index (κ1) is 15.4. The number of nitriles is 2. The maximum atomic E-state index is 9.13. The Labute approximate surface area is 129 Å². The number of hydrogen-bond donors (Lipinski definition) is 1. The second kappa shape index (κ2) is 7.16. The van der Waals surface area contributed by atoms with Crippen LogP contribution in [0.4, 0.5) is 5.82 Å². The van der Waals surface area contributed by atoms with Gasteiger partial charge in [-0.3, -0.25) is 0 Å². The van der Waals surface area contributed by atoms with Gasteiger partial charge in [-0.1, -0.05) is 29.8 Å². The lowest BCUT2D eigenvalue weighted by Gasteiger charge is -2.11. The molecule has 0 aliphatic heterocycles. The molecule has 1 aromatic carbocycles. The second-order valence-electron chi connectivity index (χ2n) is 4.63. The van der Waals surface area contributed by atoms with Gasteiger partial charge in [-0.05, 0) is 6.92 Å². The van der Waals surface area contributed by atoms with E-state index in [2.05, 4.69) is 15.3 Å². The molecule has 6 nitrogen and oxygen atoms in total. The van der Waals surface area contributed by atoms with Gasteiger partial charge < -0.3 is 10.1 Å². The summed E-state index contributed by atoms with van der Waals surface area (Å²) in [5, 5.41) is 21.3. The van der Waals surface area contributed by atoms with Gasteiger partial charge in [0.15, 0.2) is 17.2 Å². The summed E-state index contributed by atoms with van der Waals surface area (Å²) in [6.45, 7) is 3.02. The Kier molecular flexibility index (Phi) is 5.02. The van der Waals surface area contributed by atoms with Crippen LogP contribution in [-0.4, -0.2) is 30.2 Å². The topological polar surface area (TPSA) is 94.6 Å². The van der Waals surface area contributed by atoms with Crippen molar-refractivity contribution in [2.24, 2.45) is 0 Å². The number of methoxy groups -OCH3 is 1. The summed E-state index contributed by atoms with van der Waals surface area (Å²) in [6.07, 6.45) is 0. The van der Waals surface area contributed by atoms with Crippen LogP contribution in [0.15, 0.2) is 24.3 Å². The van der Waals surface area contributed by atoms with Crippen molar-refractivity contribution in [3.8, 4) is 23.4 Å². The van der Waals surface area contributed by atoms with Gasteiger partial charge >= 0.3 is 0 Å². The fourth-order valence-corrected chi connectivity index (χ4v) is 1.90. The number of benzene rings is 1. The molecule has 0 atom stereocenters. The Morgan fingerprint density at radius 2 is 1.73 bits per heavy atom. The Morgan fingerprint density at radius 1 is 1.09 bits per heavy atom. The molecule has 0 radical (unpaired) electrons. The van der Waals surface area contributed by atoms with E-state index in [1.807, 2.05) is 43.3 Å². The van der Waals surface area contributed by atoms with Crippen molar-refractivity contribution < 1.29 is 4.74 Å². The SMILES string of the molecule is COCCNc1nc(C#N)c(C#N)nc1-c1ccc(C)cc1. The smallest absolute Gasteiger partial charge is 0.179 e. The molecule has 1 N–H and O–H groups in total. The van der Waals surface area contributed by atoms with Crippen molar-refractivity contribution in [3.63, 3.8) is 0 Å². The third-order valence-electron chi connectivity index (χ3n) is 3.03. The largest absolute Gasteiger partial charge is 0.383 e. The zero-order valence-corrected chi connectivity index (χ0v) is 12.4. The van der Waals surface area contributed by atoms with Crippen LogP contribution >= 0.6 is 0 Å². The number of hydrogen-bond acceptors (Lipinski definition) is 6. The van der Waals surface area contributed by atoms with Crippen molar-refractivity contribution in [3.05, 3.63) is 41.2 Å². The van der Waals surface area contributed by atoms with Crippen molar-refractivity contribution in [2.45, 2.75) is 6.92 Å². The van der Waals surface area contributed by atoms with E-state index in [0.29, 0.717) is 24.7 Å². The number of ether oxygens (including phenoxy) is 1. The highest BCUT2D eigenvalue weighted by molar-refractivity contribution is 5.72. The zero-order chi connectivity index (χ0) is 15.9. The van der Waals surface area contributed by atoms with Crippen LogP contribution in [0.2, 0.25) is 0 Å². The quantitative estimate of drug-likeness (QED) is 0.850. The molecule has 0 fully saturated rings. The van der Waals surface area contributed by atoms with Crippen molar-refractivity contribution in [2.75, 3.05) is 25.6 Å². The lowest BCUT2D eigenvalue weighted by Crippen LogP contribution is -2.12. The molecule has 0 spiro atoms. The number of aryl methyl sites for hydroxylation is 1. The third-order valence-corrected chi connectivity index (χ3v) is 3.03. The monoisotopic (exact) mass is 293 g/mol. The molecule has 1 heterocycles. The molecule has 0 bridgehead atoms. The lowest BCUT2D eigenvalue weighted by atomic mass is 10.1. The fourth-order valence-electron chi connectivity index (χ4n) is 1.90. The van der Waals surface area contributed by atoms with Crippen LogP contribution in [0, 0.1) is 29.6 Å². The second-order valence-corrected chi connectivity index (χ2v) is 4.63. The van der Waals surface area contributed by atoms with Gasteiger partial charge in [0.05, 0.1) is 6.61 Å². The molecule has 0 unspecified atom stereocenters. The molecule has 0 aliphatic carbocycles. The van der Waals surface area contributed by atoms with Gasteiger partial charge in [0.2, 0.25) is 0 Å². The van der Waals surface area contributed by atoms with Crippen LogP contribution in [0.3, 0.4) is 0 Å².